The summed E-state index contributed by atoms with van der Waals surface area (Å²) in [6.45, 7) is -0.279. The number of hydrogen-bond acceptors (Lipinski definition) is 5. The number of aliphatic hydroxyl groups excluding tert-OH is 2. The van der Waals surface area contributed by atoms with Crippen LogP contribution in [0.25, 0.3) is 10.4 Å². The van der Waals surface area contributed by atoms with E-state index < -0.39 is 18.2 Å². The number of carbonyl (C=O) groups is 1. The van der Waals surface area contributed by atoms with Crippen LogP contribution in [-0.4, -0.2) is 38.9 Å². The summed E-state index contributed by atoms with van der Waals surface area (Å²) in [4.78, 5) is 16.6. The van der Waals surface area contributed by atoms with Crippen LogP contribution in [0.3, 0.4) is 0 Å². The van der Waals surface area contributed by atoms with Crippen molar-refractivity contribution in [1.29, 1.82) is 0 Å². The van der Waals surface area contributed by atoms with E-state index in [4.69, 9.17) is 10.6 Å². The van der Waals surface area contributed by atoms with Crippen LogP contribution in [0.15, 0.2) is 23.4 Å². The first-order valence-electron chi connectivity index (χ1n) is 4.62. The Morgan fingerprint density at radius 3 is 2.71 bits per heavy atom. The van der Waals surface area contributed by atoms with E-state index in [2.05, 4.69) is 15.0 Å². The van der Waals surface area contributed by atoms with Gasteiger partial charge in [-0.15, -0.1) is 0 Å². The molecule has 0 saturated carbocycles. The summed E-state index contributed by atoms with van der Waals surface area (Å²) >= 11 is 0. The molecule has 8 nitrogen and oxygen atoms in total. The van der Waals surface area contributed by atoms with Gasteiger partial charge in [0.05, 0.1) is 12.6 Å². The molecule has 1 aromatic rings. The molecule has 0 aliphatic rings. The van der Waals surface area contributed by atoms with E-state index in [9.17, 15) is 15.0 Å². The molecular weight excluding hydrogens is 228 g/mol. The van der Waals surface area contributed by atoms with Gasteiger partial charge in [0, 0.05) is 16.7 Å². The molecule has 8 heteroatoms. The lowest BCUT2D eigenvalue weighted by Gasteiger charge is -2.15. The molecule has 3 N–H and O–H groups in total. The lowest BCUT2D eigenvalue weighted by molar-refractivity contribution is 0.0241. The minimum atomic E-state index is -1.28. The Morgan fingerprint density at radius 2 is 2.24 bits per heavy atom. The van der Waals surface area contributed by atoms with Gasteiger partial charge in [0.1, 0.15) is 11.8 Å². The van der Waals surface area contributed by atoms with Crippen LogP contribution in [0.4, 0.5) is 0 Å². The topological polar surface area (TPSA) is 139 Å². The zero-order valence-electron chi connectivity index (χ0n) is 8.63. The highest BCUT2D eigenvalue weighted by Crippen LogP contribution is 2.16. The zero-order valence-corrected chi connectivity index (χ0v) is 8.63. The second kappa shape index (κ2) is 5.80. The summed E-state index contributed by atoms with van der Waals surface area (Å²) in [5.41, 5.74) is 8.14. The predicted molar refractivity (Wildman–Crippen MR) is 56.2 cm³/mol. The van der Waals surface area contributed by atoms with E-state index in [0.717, 1.165) is 6.20 Å². The summed E-state index contributed by atoms with van der Waals surface area (Å²) < 4.78 is 0. The number of aromatic nitrogens is 1. The van der Waals surface area contributed by atoms with E-state index in [1.807, 2.05) is 0 Å². The molecule has 2 unspecified atom stereocenters. The Morgan fingerprint density at radius 1 is 1.53 bits per heavy atom. The van der Waals surface area contributed by atoms with E-state index >= 15 is 0 Å². The molecule has 0 aromatic carbocycles. The lowest BCUT2D eigenvalue weighted by atomic mass is 10.1. The number of pyridine rings is 1. The number of azide groups is 1. The van der Waals surface area contributed by atoms with Crippen molar-refractivity contribution in [2.75, 3.05) is 6.54 Å². The molecule has 0 amide bonds. The Labute approximate surface area is 95.8 Å². The minimum absolute atomic E-state index is 0.162. The SMILES string of the molecule is [N-]=[N+]=NCC(O)C(O)c1ccc(C(=O)O)nc1. The van der Waals surface area contributed by atoms with E-state index in [1.165, 1.54) is 12.1 Å². The average Bonchev–Trinajstić information content (AvgIpc) is 2.35. The van der Waals surface area contributed by atoms with E-state index in [-0.39, 0.29) is 17.8 Å². The molecule has 0 bridgehead atoms. The van der Waals surface area contributed by atoms with Gasteiger partial charge >= 0.3 is 5.97 Å². The normalized spacial score (nSPS) is 13.5. The Kier molecular flexibility index (Phi) is 4.41. The number of nitrogens with zero attached hydrogens (tertiary/aromatic N) is 4. The van der Waals surface area contributed by atoms with Gasteiger partial charge in [-0.3, -0.25) is 0 Å². The highest BCUT2D eigenvalue weighted by atomic mass is 16.4. The largest absolute Gasteiger partial charge is 0.477 e. The molecule has 17 heavy (non-hydrogen) atoms. The molecule has 0 fully saturated rings. The van der Waals surface area contributed by atoms with Gasteiger partial charge in [-0.2, -0.15) is 0 Å². The highest BCUT2D eigenvalue weighted by Gasteiger charge is 2.18. The van der Waals surface area contributed by atoms with Crippen molar-refractivity contribution in [3.05, 3.63) is 40.0 Å². The molecule has 0 spiro atoms. The quantitative estimate of drug-likeness (QED) is 0.389. The second-order valence-electron chi connectivity index (χ2n) is 3.21. The van der Waals surface area contributed by atoms with Gasteiger partial charge in [0.15, 0.2) is 0 Å². The molecule has 1 aromatic heterocycles. The molecule has 2 atom stereocenters. The Balaban J connectivity index is 2.78. The maximum absolute atomic E-state index is 10.5. The molecular formula is C9H10N4O4. The monoisotopic (exact) mass is 238 g/mol. The fourth-order valence-corrected chi connectivity index (χ4v) is 1.15. The average molecular weight is 238 g/mol. The maximum atomic E-state index is 10.5. The third kappa shape index (κ3) is 3.42. The minimum Gasteiger partial charge on any atom is -0.477 e. The molecule has 1 heterocycles. The number of carboxylic acid groups (broad SMARTS) is 1. The van der Waals surface area contributed by atoms with Crippen LogP contribution in [0.1, 0.15) is 22.2 Å². The molecule has 90 valence electrons. The molecule has 0 radical (unpaired) electrons. The third-order valence-corrected chi connectivity index (χ3v) is 2.04. The number of hydrogen-bond donors (Lipinski definition) is 3. The van der Waals surface area contributed by atoms with Crippen LogP contribution in [0.2, 0.25) is 0 Å². The maximum Gasteiger partial charge on any atom is 0.354 e. The lowest BCUT2D eigenvalue weighted by Crippen LogP contribution is -2.21. The van der Waals surface area contributed by atoms with Crippen LogP contribution in [-0.2, 0) is 0 Å². The van der Waals surface area contributed by atoms with Crippen molar-refractivity contribution in [2.24, 2.45) is 5.11 Å². The first-order valence-corrected chi connectivity index (χ1v) is 4.62. The summed E-state index contributed by atoms with van der Waals surface area (Å²) in [5.74, 6) is -1.18. The van der Waals surface area contributed by atoms with Gasteiger partial charge in [-0.1, -0.05) is 11.2 Å². The van der Waals surface area contributed by atoms with Gasteiger partial charge in [-0.25, -0.2) is 9.78 Å². The van der Waals surface area contributed by atoms with Crippen LogP contribution < -0.4 is 0 Å². The first kappa shape index (κ1) is 12.9. The van der Waals surface area contributed by atoms with Crippen LogP contribution in [0, 0.1) is 0 Å². The van der Waals surface area contributed by atoms with Gasteiger partial charge < -0.3 is 15.3 Å². The number of aromatic carboxylic acids is 1. The highest BCUT2D eigenvalue weighted by molar-refractivity contribution is 5.85. The fraction of sp³-hybridized carbons (Fsp3) is 0.333. The van der Waals surface area contributed by atoms with Crippen LogP contribution in [0.5, 0.6) is 0 Å². The summed E-state index contributed by atoms with van der Waals surface area (Å²) in [6.07, 6.45) is -1.40. The molecule has 0 aliphatic heterocycles. The Hall–Kier alpha value is -2.15. The van der Waals surface area contributed by atoms with Crippen LogP contribution >= 0.6 is 0 Å². The van der Waals surface area contributed by atoms with Gasteiger partial charge in [-0.05, 0) is 11.6 Å². The van der Waals surface area contributed by atoms with Crippen molar-refractivity contribution >= 4 is 5.97 Å². The van der Waals surface area contributed by atoms with Gasteiger partial charge in [0.2, 0.25) is 0 Å². The molecule has 0 aliphatic carbocycles. The predicted octanol–water partition coefficient (Wildman–Crippen LogP) is 0.484. The van der Waals surface area contributed by atoms with Crippen molar-refractivity contribution in [3.8, 4) is 0 Å². The molecule has 1 rings (SSSR count). The smallest absolute Gasteiger partial charge is 0.354 e. The second-order valence-corrected chi connectivity index (χ2v) is 3.21. The van der Waals surface area contributed by atoms with Crippen molar-refractivity contribution in [3.63, 3.8) is 0 Å². The standard InChI is InChI=1S/C9H10N4O4/c10-13-12-4-7(14)8(15)5-1-2-6(9(16)17)11-3-5/h1-3,7-8,14-15H,4H2,(H,16,17). The third-order valence-electron chi connectivity index (χ3n) is 2.04. The van der Waals surface area contributed by atoms with Gasteiger partial charge in [0.25, 0.3) is 0 Å². The summed E-state index contributed by atoms with van der Waals surface area (Å²) in [5, 5.41) is 30.8. The summed E-state index contributed by atoms with van der Waals surface area (Å²) in [7, 11) is 0. The van der Waals surface area contributed by atoms with E-state index in [1.54, 1.807) is 0 Å². The van der Waals surface area contributed by atoms with Crippen molar-refractivity contribution < 1.29 is 20.1 Å². The van der Waals surface area contributed by atoms with Crippen molar-refractivity contribution in [1.82, 2.24) is 4.98 Å². The fourth-order valence-electron chi connectivity index (χ4n) is 1.15. The zero-order chi connectivity index (χ0) is 12.8. The summed E-state index contributed by atoms with van der Waals surface area (Å²) in [6, 6.07) is 2.54. The number of rotatable bonds is 5. The van der Waals surface area contributed by atoms with Crippen molar-refractivity contribution in [2.45, 2.75) is 12.2 Å². The number of carboxylic acids is 1. The first-order chi connectivity index (χ1) is 8.06. The molecule has 0 saturated heterocycles. The van der Waals surface area contributed by atoms with E-state index in [0.29, 0.717) is 0 Å². The Bertz CT molecular complexity index is 441. The number of aliphatic hydroxyl groups is 2.